The summed E-state index contributed by atoms with van der Waals surface area (Å²) in [7, 11) is 0. The van der Waals surface area contributed by atoms with Crippen LogP contribution in [0, 0.1) is 5.41 Å². The van der Waals surface area contributed by atoms with Crippen LogP contribution in [-0.4, -0.2) is 21.9 Å². The number of nitrogens with zero attached hydrogens (tertiary/aromatic N) is 2. The van der Waals surface area contributed by atoms with Crippen LogP contribution in [0.4, 0.5) is 5.82 Å². The second kappa shape index (κ2) is 4.88. The molecular formula is C10H15BrN4O. The lowest BCUT2D eigenvalue weighted by Crippen LogP contribution is -2.45. The molecule has 6 heteroatoms. The highest BCUT2D eigenvalue weighted by Crippen LogP contribution is 2.18. The molecule has 16 heavy (non-hydrogen) atoms. The van der Waals surface area contributed by atoms with Crippen molar-refractivity contribution in [3.05, 3.63) is 17.0 Å². The topological polar surface area (TPSA) is 80.9 Å². The maximum atomic E-state index is 11.7. The molecule has 1 atom stereocenters. The molecule has 0 aromatic carbocycles. The van der Waals surface area contributed by atoms with Crippen LogP contribution in [0.2, 0.25) is 0 Å². The average Bonchev–Trinajstić information content (AvgIpc) is 2.19. The first-order chi connectivity index (χ1) is 7.30. The zero-order chi connectivity index (χ0) is 12.3. The maximum absolute atomic E-state index is 11.7. The van der Waals surface area contributed by atoms with Crippen LogP contribution in [0.5, 0.6) is 0 Å². The minimum Gasteiger partial charge on any atom is -0.319 e. The molecule has 3 N–H and O–H groups in total. The molecule has 1 aromatic heterocycles. The van der Waals surface area contributed by atoms with Crippen molar-refractivity contribution >= 4 is 27.7 Å². The van der Waals surface area contributed by atoms with Crippen molar-refractivity contribution in [3.63, 3.8) is 0 Å². The van der Waals surface area contributed by atoms with Gasteiger partial charge in [0.1, 0.15) is 4.60 Å². The van der Waals surface area contributed by atoms with Gasteiger partial charge in [0.15, 0.2) is 5.82 Å². The first-order valence-corrected chi connectivity index (χ1v) is 5.64. The van der Waals surface area contributed by atoms with E-state index in [-0.39, 0.29) is 11.3 Å². The molecule has 0 saturated heterocycles. The van der Waals surface area contributed by atoms with E-state index in [1.54, 1.807) is 0 Å². The second-order valence-corrected chi connectivity index (χ2v) is 5.37. The Hall–Kier alpha value is -1.01. The van der Waals surface area contributed by atoms with Crippen molar-refractivity contribution in [1.82, 2.24) is 9.97 Å². The highest BCUT2D eigenvalue weighted by molar-refractivity contribution is 9.10. The number of amides is 1. The Bertz CT molecular complexity index is 371. The summed E-state index contributed by atoms with van der Waals surface area (Å²) in [5.74, 6) is 0.136. The smallest absolute Gasteiger partial charge is 0.243 e. The van der Waals surface area contributed by atoms with Crippen LogP contribution in [0.25, 0.3) is 0 Å². The number of hydrogen-bond donors (Lipinski definition) is 2. The standard InChI is InChI=1S/C10H15BrN4O/c1-10(2,3)8(12)9(16)15-7-5-13-6(11)4-14-7/h4-5,8H,12H2,1-3H3,(H,14,15,16). The third-order valence-electron chi connectivity index (χ3n) is 2.09. The molecule has 0 aliphatic rings. The fraction of sp³-hybridized carbons (Fsp3) is 0.500. The van der Waals surface area contributed by atoms with E-state index in [9.17, 15) is 4.79 Å². The van der Waals surface area contributed by atoms with Crippen LogP contribution >= 0.6 is 15.9 Å². The zero-order valence-electron chi connectivity index (χ0n) is 9.49. The summed E-state index contributed by atoms with van der Waals surface area (Å²) in [6.45, 7) is 5.72. The van der Waals surface area contributed by atoms with Crippen molar-refractivity contribution in [1.29, 1.82) is 0 Å². The summed E-state index contributed by atoms with van der Waals surface area (Å²) in [5, 5.41) is 2.62. The molecule has 1 rings (SSSR count). The lowest BCUT2D eigenvalue weighted by Gasteiger charge is -2.25. The maximum Gasteiger partial charge on any atom is 0.243 e. The summed E-state index contributed by atoms with van der Waals surface area (Å²) >= 11 is 3.16. The number of carbonyl (C=O) groups excluding carboxylic acids is 1. The molecule has 0 bridgehead atoms. The molecule has 1 amide bonds. The number of nitrogens with one attached hydrogen (secondary N) is 1. The van der Waals surface area contributed by atoms with Crippen molar-refractivity contribution in [2.75, 3.05) is 5.32 Å². The van der Waals surface area contributed by atoms with Gasteiger partial charge in [-0.2, -0.15) is 0 Å². The van der Waals surface area contributed by atoms with Crippen molar-refractivity contribution in [2.45, 2.75) is 26.8 Å². The van der Waals surface area contributed by atoms with Gasteiger partial charge in [0.2, 0.25) is 5.91 Å². The first-order valence-electron chi connectivity index (χ1n) is 4.84. The van der Waals surface area contributed by atoms with Crippen LogP contribution in [0.15, 0.2) is 17.0 Å². The summed E-state index contributed by atoms with van der Waals surface area (Å²) < 4.78 is 0.616. The lowest BCUT2D eigenvalue weighted by atomic mass is 9.87. The molecule has 1 unspecified atom stereocenters. The predicted molar refractivity (Wildman–Crippen MR) is 65.8 cm³/mol. The fourth-order valence-corrected chi connectivity index (χ4v) is 1.18. The minimum absolute atomic E-state index is 0.260. The van der Waals surface area contributed by atoms with E-state index in [0.717, 1.165) is 0 Å². The Kier molecular flexibility index (Phi) is 3.98. The van der Waals surface area contributed by atoms with Crippen LogP contribution in [0.3, 0.4) is 0 Å². The van der Waals surface area contributed by atoms with Gasteiger partial charge in [-0.1, -0.05) is 20.8 Å². The number of aromatic nitrogens is 2. The first kappa shape index (κ1) is 13.1. The summed E-state index contributed by atoms with van der Waals surface area (Å²) in [6.07, 6.45) is 2.98. The van der Waals surface area contributed by atoms with E-state index < -0.39 is 6.04 Å². The van der Waals surface area contributed by atoms with Gasteiger partial charge in [-0.25, -0.2) is 9.97 Å². The molecule has 88 valence electrons. The van der Waals surface area contributed by atoms with E-state index >= 15 is 0 Å². The molecule has 1 heterocycles. The van der Waals surface area contributed by atoms with Crippen LogP contribution in [-0.2, 0) is 4.79 Å². The van der Waals surface area contributed by atoms with Gasteiger partial charge in [-0.15, -0.1) is 0 Å². The lowest BCUT2D eigenvalue weighted by molar-refractivity contribution is -0.119. The summed E-state index contributed by atoms with van der Waals surface area (Å²) in [4.78, 5) is 19.7. The predicted octanol–water partition coefficient (Wildman–Crippen LogP) is 1.55. The van der Waals surface area contributed by atoms with Crippen LogP contribution in [0.1, 0.15) is 20.8 Å². The number of nitrogens with two attached hydrogens (primary N) is 1. The molecular weight excluding hydrogens is 272 g/mol. The third kappa shape index (κ3) is 3.53. The second-order valence-electron chi connectivity index (χ2n) is 4.56. The average molecular weight is 287 g/mol. The van der Waals surface area contributed by atoms with Gasteiger partial charge in [-0.3, -0.25) is 4.79 Å². The minimum atomic E-state index is -0.585. The van der Waals surface area contributed by atoms with Gasteiger partial charge in [0.05, 0.1) is 18.4 Å². The number of anilines is 1. The van der Waals surface area contributed by atoms with Gasteiger partial charge in [0.25, 0.3) is 0 Å². The summed E-state index contributed by atoms with van der Waals surface area (Å²) in [5.41, 5.74) is 5.52. The van der Waals surface area contributed by atoms with Crippen molar-refractivity contribution in [3.8, 4) is 0 Å². The Morgan fingerprint density at radius 1 is 1.44 bits per heavy atom. The molecule has 1 aromatic rings. The normalized spacial score (nSPS) is 13.3. The third-order valence-corrected chi connectivity index (χ3v) is 2.50. The van der Waals surface area contributed by atoms with E-state index in [2.05, 4.69) is 31.2 Å². The van der Waals surface area contributed by atoms with Crippen molar-refractivity contribution < 1.29 is 4.79 Å². The van der Waals surface area contributed by atoms with E-state index in [1.165, 1.54) is 12.4 Å². The van der Waals surface area contributed by atoms with Gasteiger partial charge in [0, 0.05) is 0 Å². The van der Waals surface area contributed by atoms with Gasteiger partial charge < -0.3 is 11.1 Å². The molecule has 5 nitrogen and oxygen atoms in total. The molecule has 0 fully saturated rings. The van der Waals surface area contributed by atoms with E-state index in [1.807, 2.05) is 20.8 Å². The molecule has 0 aliphatic heterocycles. The largest absolute Gasteiger partial charge is 0.319 e. The monoisotopic (exact) mass is 286 g/mol. The Morgan fingerprint density at radius 2 is 2.06 bits per heavy atom. The molecule has 0 spiro atoms. The SMILES string of the molecule is CC(C)(C)C(N)C(=O)Nc1cnc(Br)cn1. The highest BCUT2D eigenvalue weighted by Gasteiger charge is 2.27. The number of halogens is 1. The zero-order valence-corrected chi connectivity index (χ0v) is 11.1. The van der Waals surface area contributed by atoms with E-state index in [4.69, 9.17) is 5.73 Å². The number of hydrogen-bond acceptors (Lipinski definition) is 4. The van der Waals surface area contributed by atoms with Gasteiger partial charge in [-0.05, 0) is 21.3 Å². The van der Waals surface area contributed by atoms with E-state index in [0.29, 0.717) is 10.4 Å². The number of rotatable bonds is 2. The quantitative estimate of drug-likeness (QED) is 0.864. The molecule has 0 aliphatic carbocycles. The summed E-state index contributed by atoms with van der Waals surface area (Å²) in [6, 6.07) is -0.585. The Balaban J connectivity index is 2.68. The van der Waals surface area contributed by atoms with Crippen molar-refractivity contribution in [2.24, 2.45) is 11.1 Å². The Labute approximate surface area is 103 Å². The van der Waals surface area contributed by atoms with Gasteiger partial charge >= 0.3 is 0 Å². The molecule has 0 radical (unpaired) electrons. The highest BCUT2D eigenvalue weighted by atomic mass is 79.9. The fourth-order valence-electron chi connectivity index (χ4n) is 0.974. The van der Waals surface area contributed by atoms with Crippen LogP contribution < -0.4 is 11.1 Å². The Morgan fingerprint density at radius 3 is 2.50 bits per heavy atom. The number of carbonyl (C=O) groups is 1. The molecule has 0 saturated carbocycles.